The lowest BCUT2D eigenvalue weighted by molar-refractivity contribution is -0.141. The number of aromatic nitrogens is 4. The number of thiophene rings is 1. The van der Waals surface area contributed by atoms with Crippen LogP contribution in [0.2, 0.25) is 0 Å². The van der Waals surface area contributed by atoms with Crippen LogP contribution in [-0.4, -0.2) is 30.4 Å². The molecule has 162 valence electrons. The van der Waals surface area contributed by atoms with Crippen LogP contribution < -0.4 is 11.2 Å². The fourth-order valence-corrected chi connectivity index (χ4v) is 4.61. The van der Waals surface area contributed by atoms with E-state index in [0.717, 1.165) is 15.9 Å². The summed E-state index contributed by atoms with van der Waals surface area (Å²) >= 11 is 0.844. The van der Waals surface area contributed by atoms with Gasteiger partial charge in [-0.05, 0) is 12.8 Å². The van der Waals surface area contributed by atoms with Crippen LogP contribution in [-0.2, 0) is 26.2 Å². The van der Waals surface area contributed by atoms with E-state index in [1.54, 1.807) is 0 Å². The Balaban J connectivity index is 2.35. The molecule has 12 heteroatoms. The molecule has 0 spiro atoms. The minimum atomic E-state index is -4.73. The highest BCUT2D eigenvalue weighted by atomic mass is 32.1. The highest BCUT2D eigenvalue weighted by Gasteiger charge is 2.38. The van der Waals surface area contributed by atoms with Crippen molar-refractivity contribution in [1.82, 2.24) is 19.3 Å². The van der Waals surface area contributed by atoms with Crippen LogP contribution in [0.3, 0.4) is 0 Å². The van der Waals surface area contributed by atoms with Crippen LogP contribution in [0, 0.1) is 12.8 Å². The smallest absolute Gasteiger partial charge is 0.435 e. The number of fused-ring (bicyclic) bond motifs is 1. The number of H-pyrrole nitrogens is 1. The van der Waals surface area contributed by atoms with Crippen LogP contribution in [0.15, 0.2) is 9.59 Å². The molecule has 0 radical (unpaired) electrons. The number of nitrogens with zero attached hydrogens (tertiary/aromatic N) is 3. The minimum Gasteiger partial charge on any atom is -0.478 e. The van der Waals surface area contributed by atoms with E-state index >= 15 is 0 Å². The van der Waals surface area contributed by atoms with Crippen molar-refractivity contribution in [3.05, 3.63) is 48.2 Å². The predicted octanol–water partition coefficient (Wildman–Crippen LogP) is 2.76. The normalized spacial score (nSPS) is 12.3. The molecule has 0 aliphatic heterocycles. The van der Waals surface area contributed by atoms with Gasteiger partial charge in [-0.25, -0.2) is 9.59 Å². The molecule has 0 saturated carbocycles. The third-order valence-corrected chi connectivity index (χ3v) is 5.90. The highest BCUT2D eigenvalue weighted by molar-refractivity contribution is 7.19. The average molecular weight is 444 g/mol. The number of carbonyl (C=O) groups is 1. The van der Waals surface area contributed by atoms with Gasteiger partial charge in [-0.3, -0.25) is 19.0 Å². The summed E-state index contributed by atoms with van der Waals surface area (Å²) in [6.07, 6.45) is -5.12. The number of carboxylic acids is 1. The highest BCUT2D eigenvalue weighted by Crippen LogP contribution is 2.36. The molecule has 0 unspecified atom stereocenters. The monoisotopic (exact) mass is 444 g/mol. The van der Waals surface area contributed by atoms with Gasteiger partial charge in [0.25, 0.3) is 5.56 Å². The lowest BCUT2D eigenvalue weighted by Crippen LogP contribution is -2.38. The zero-order chi connectivity index (χ0) is 22.5. The summed E-state index contributed by atoms with van der Waals surface area (Å²) in [6.45, 7) is 5.32. The number of aromatic carboxylic acids is 1. The molecule has 0 atom stereocenters. The first kappa shape index (κ1) is 21.8. The number of carboxylic acid groups (broad SMARTS) is 1. The van der Waals surface area contributed by atoms with E-state index in [0.29, 0.717) is 0 Å². The molecule has 0 aromatic carbocycles. The maximum Gasteiger partial charge on any atom is 0.435 e. The molecule has 0 fully saturated rings. The third-order valence-electron chi connectivity index (χ3n) is 4.69. The zero-order valence-corrected chi connectivity index (χ0v) is 17.4. The Hall–Kier alpha value is -2.89. The Morgan fingerprint density at radius 1 is 1.30 bits per heavy atom. The maximum atomic E-state index is 13.3. The number of hydrogen-bond donors (Lipinski definition) is 2. The third kappa shape index (κ3) is 3.55. The summed E-state index contributed by atoms with van der Waals surface area (Å²) in [5.41, 5.74) is -2.99. The van der Waals surface area contributed by atoms with Gasteiger partial charge in [0.15, 0.2) is 5.69 Å². The number of aryl methyl sites for hydroxylation is 1. The fraction of sp³-hybridized carbons (Fsp3) is 0.444. The lowest BCUT2D eigenvalue weighted by Gasteiger charge is -2.11. The minimum absolute atomic E-state index is 0.00943. The van der Waals surface area contributed by atoms with Gasteiger partial charge in [-0.15, -0.1) is 11.3 Å². The number of nitrogens with one attached hydrogen (secondary N) is 1. The van der Waals surface area contributed by atoms with E-state index in [1.807, 2.05) is 13.8 Å². The molecule has 0 amide bonds. The van der Waals surface area contributed by atoms with Crippen LogP contribution >= 0.6 is 11.3 Å². The van der Waals surface area contributed by atoms with Crippen LogP contribution in [0.25, 0.3) is 10.2 Å². The second-order valence-electron chi connectivity index (χ2n) is 7.39. The van der Waals surface area contributed by atoms with Crippen molar-refractivity contribution in [2.24, 2.45) is 13.0 Å². The molecule has 8 nitrogen and oxygen atoms in total. The van der Waals surface area contributed by atoms with E-state index in [-0.39, 0.29) is 44.4 Å². The van der Waals surface area contributed by atoms with Gasteiger partial charge in [-0.2, -0.15) is 18.3 Å². The Morgan fingerprint density at radius 3 is 2.47 bits per heavy atom. The SMILES string of the molecule is Cc1[nH]nc(C(F)(F)F)c1Cc1sc2c(c1C(=O)O)c(=O)n(C)c(=O)n2CC(C)C. The van der Waals surface area contributed by atoms with Crippen molar-refractivity contribution in [2.75, 3.05) is 0 Å². The topological polar surface area (TPSA) is 110 Å². The van der Waals surface area contributed by atoms with E-state index < -0.39 is 35.5 Å². The molecule has 3 aromatic heterocycles. The van der Waals surface area contributed by atoms with Crippen molar-refractivity contribution in [3.63, 3.8) is 0 Å². The van der Waals surface area contributed by atoms with Crippen molar-refractivity contribution in [3.8, 4) is 0 Å². The molecule has 3 aromatic rings. The largest absolute Gasteiger partial charge is 0.478 e. The number of hydrogen-bond acceptors (Lipinski definition) is 5. The Morgan fingerprint density at radius 2 is 1.93 bits per heavy atom. The summed E-state index contributed by atoms with van der Waals surface area (Å²) < 4.78 is 42.1. The molecule has 3 rings (SSSR count). The quantitative estimate of drug-likeness (QED) is 0.629. The zero-order valence-electron chi connectivity index (χ0n) is 16.5. The van der Waals surface area contributed by atoms with Crippen LogP contribution in [0.4, 0.5) is 13.2 Å². The Labute approximate surface area is 171 Å². The van der Waals surface area contributed by atoms with E-state index in [4.69, 9.17) is 0 Å². The molecular formula is C18H19F3N4O4S. The number of alkyl halides is 3. The van der Waals surface area contributed by atoms with Crippen LogP contribution in [0.1, 0.15) is 46.0 Å². The van der Waals surface area contributed by atoms with Gasteiger partial charge in [0.05, 0.1) is 10.9 Å². The molecule has 0 aliphatic carbocycles. The molecule has 0 bridgehead atoms. The molecule has 3 heterocycles. The summed E-state index contributed by atoms with van der Waals surface area (Å²) in [6, 6.07) is 0. The molecule has 2 N–H and O–H groups in total. The first-order valence-corrected chi connectivity index (χ1v) is 9.75. The number of rotatable bonds is 5. The molecule has 0 aliphatic rings. The van der Waals surface area contributed by atoms with Crippen molar-refractivity contribution >= 4 is 27.5 Å². The number of halogens is 3. The first-order chi connectivity index (χ1) is 13.8. The Kier molecular flexibility index (Phi) is 5.39. The number of aromatic amines is 1. The fourth-order valence-electron chi connectivity index (χ4n) is 3.32. The summed E-state index contributed by atoms with van der Waals surface area (Å²) in [5.74, 6) is -1.44. The van der Waals surface area contributed by atoms with Gasteiger partial charge >= 0.3 is 17.8 Å². The lowest BCUT2D eigenvalue weighted by atomic mass is 10.0. The Bertz CT molecular complexity index is 1260. The van der Waals surface area contributed by atoms with Gasteiger partial charge in [0, 0.05) is 36.1 Å². The molecule has 30 heavy (non-hydrogen) atoms. The van der Waals surface area contributed by atoms with Gasteiger partial charge in [0.2, 0.25) is 0 Å². The molecular weight excluding hydrogens is 425 g/mol. The average Bonchev–Trinajstić information content (AvgIpc) is 3.18. The summed E-state index contributed by atoms with van der Waals surface area (Å²) in [7, 11) is 1.24. The maximum absolute atomic E-state index is 13.3. The van der Waals surface area contributed by atoms with E-state index in [9.17, 15) is 32.7 Å². The van der Waals surface area contributed by atoms with Gasteiger partial charge < -0.3 is 5.11 Å². The second kappa shape index (κ2) is 7.42. The standard InChI is InChI=1S/C18H19F3N4O4S/c1-7(2)6-25-15-12(14(26)24(4)17(25)29)11(16(27)28)10(30-15)5-9-8(3)22-23-13(9)18(19,20)21/h7H,5-6H2,1-4H3,(H,22,23)(H,27,28). The van der Waals surface area contributed by atoms with Crippen molar-refractivity contribution < 1.29 is 23.1 Å². The molecule has 0 saturated heterocycles. The van der Waals surface area contributed by atoms with E-state index in [1.165, 1.54) is 18.5 Å². The van der Waals surface area contributed by atoms with Gasteiger partial charge in [-0.1, -0.05) is 13.8 Å². The second-order valence-corrected chi connectivity index (χ2v) is 8.47. The predicted molar refractivity (Wildman–Crippen MR) is 104 cm³/mol. The van der Waals surface area contributed by atoms with Crippen molar-refractivity contribution in [1.29, 1.82) is 0 Å². The summed E-state index contributed by atoms with van der Waals surface area (Å²) in [5, 5.41) is 15.2. The summed E-state index contributed by atoms with van der Waals surface area (Å²) in [4.78, 5) is 37.5. The van der Waals surface area contributed by atoms with Crippen molar-refractivity contribution in [2.45, 2.75) is 39.9 Å². The first-order valence-electron chi connectivity index (χ1n) is 8.94. The van der Waals surface area contributed by atoms with E-state index in [2.05, 4.69) is 10.2 Å². The van der Waals surface area contributed by atoms with Gasteiger partial charge in [0.1, 0.15) is 4.83 Å². The van der Waals surface area contributed by atoms with Crippen LogP contribution in [0.5, 0.6) is 0 Å².